The maximum atomic E-state index is 16.0. The number of aryl methyl sites for hydroxylation is 2. The van der Waals surface area contributed by atoms with Gasteiger partial charge in [0.2, 0.25) is 0 Å². The second kappa shape index (κ2) is 34.9. The number of carbonyl (C=O) groups excluding carboxylic acids is 4. The lowest BCUT2D eigenvalue weighted by atomic mass is 9.96. The summed E-state index contributed by atoms with van der Waals surface area (Å²) < 4.78 is 73.0. The topological polar surface area (TPSA) is 133 Å². The minimum atomic E-state index is -2.07. The van der Waals surface area contributed by atoms with Gasteiger partial charge in [-0.2, -0.15) is 0 Å². The van der Waals surface area contributed by atoms with Crippen molar-refractivity contribution >= 4 is 40.8 Å². The molecule has 0 N–H and O–H groups in total. The molecule has 0 fully saturated rings. The van der Waals surface area contributed by atoms with Gasteiger partial charge in [0.1, 0.15) is 53.8 Å². The fourth-order valence-corrected chi connectivity index (χ4v) is 11.3. The molecule has 0 unspecified atom stereocenters. The Labute approximate surface area is 554 Å². The lowest BCUT2D eigenvalue weighted by molar-refractivity contribution is -0.133. The Morgan fingerprint density at radius 2 is 0.860 bits per heavy atom. The van der Waals surface area contributed by atoms with Crippen molar-refractivity contribution in [3.8, 4) is 67.5 Å². The number of hydrogen-bond acceptors (Lipinski definition) is 11. The highest BCUT2D eigenvalue weighted by molar-refractivity contribution is 6.74. The average molecular weight is 1310 g/mol. The third-order valence-corrected chi connectivity index (χ3v) is 26.1. The smallest absolute Gasteiger partial charge is 0.338 e. The molecule has 0 aromatic heterocycles. The van der Waals surface area contributed by atoms with Gasteiger partial charge in [-0.25, -0.2) is 23.2 Å². The molecular weight excluding hydrogens is 1210 g/mol. The van der Waals surface area contributed by atoms with Gasteiger partial charge in [0, 0.05) is 63.3 Å². The molecule has 0 radical (unpaired) electrons. The van der Waals surface area contributed by atoms with Crippen molar-refractivity contribution < 1.29 is 60.5 Å². The highest BCUT2D eigenvalue weighted by Gasteiger charge is 2.38. The van der Waals surface area contributed by atoms with Crippen LogP contribution in [0.3, 0.4) is 0 Å². The lowest BCUT2D eigenvalue weighted by Gasteiger charge is -2.36. The van der Waals surface area contributed by atoms with Crippen molar-refractivity contribution in [3.63, 3.8) is 0 Å². The minimum absolute atomic E-state index is 0.00856. The first-order valence-corrected chi connectivity index (χ1v) is 38.0. The van der Waals surface area contributed by atoms with Crippen LogP contribution >= 0.6 is 0 Å². The van der Waals surface area contributed by atoms with Crippen LogP contribution in [-0.2, 0) is 58.5 Å². The van der Waals surface area contributed by atoms with Gasteiger partial charge in [-0.1, -0.05) is 174 Å². The fourth-order valence-electron chi connectivity index (χ4n) is 9.20. The van der Waals surface area contributed by atoms with E-state index < -0.39 is 46.2 Å². The Balaban J connectivity index is 0.000000339. The van der Waals surface area contributed by atoms with Crippen molar-refractivity contribution in [2.24, 2.45) is 0 Å². The van der Waals surface area contributed by atoms with Crippen LogP contribution in [0.4, 0.5) is 8.78 Å². The molecule has 0 atom stereocenters. The van der Waals surface area contributed by atoms with Crippen molar-refractivity contribution in [1.82, 2.24) is 0 Å². The molecule has 93 heavy (non-hydrogen) atoms. The molecule has 0 aliphatic rings. The molecule has 15 heteroatoms. The highest BCUT2D eigenvalue weighted by Crippen LogP contribution is 2.43. The van der Waals surface area contributed by atoms with E-state index in [1.165, 1.54) is 62.1 Å². The van der Waals surface area contributed by atoms with Crippen LogP contribution in [0.1, 0.15) is 137 Å². The van der Waals surface area contributed by atoms with E-state index >= 15 is 8.78 Å². The average Bonchev–Trinajstić information content (AvgIpc) is 1.09. The van der Waals surface area contributed by atoms with E-state index in [0.29, 0.717) is 66.1 Å². The predicted molar refractivity (Wildman–Crippen MR) is 378 cm³/mol. The van der Waals surface area contributed by atoms with Crippen LogP contribution in [0.15, 0.2) is 158 Å². The first-order chi connectivity index (χ1) is 43.8. The van der Waals surface area contributed by atoms with Crippen LogP contribution in [0, 0.1) is 11.6 Å². The highest BCUT2D eigenvalue weighted by atomic mass is 28.4. The molecule has 0 saturated heterocycles. The van der Waals surface area contributed by atoms with E-state index in [1.54, 1.807) is 50.2 Å². The monoisotopic (exact) mass is 1300 g/mol. The maximum absolute atomic E-state index is 16.0. The summed E-state index contributed by atoms with van der Waals surface area (Å²) in [5.41, 5.74) is 8.89. The summed E-state index contributed by atoms with van der Waals surface area (Å²) in [6.45, 7) is 42.3. The third-order valence-electron chi connectivity index (χ3n) is 17.0. The number of ether oxygens (including phenoxy) is 5. The SMILES string of the molecule is C=C(C)C(=O)O/C=C\Oc1cc(-c2ccc(-c3ccc(CCCCC)cc3)cc2F)c(OC(=O)C(=C)C)cc1CCO[Si](C)(C)C(C)(C)C.C=C(C)C(=O)Oc1cc(CCO[Si](C)(C)C(C)(C)C)c(OCC=O)cc1-c1ccc(-c2ccc(CCCCC)cc2)cc1F. The molecule has 0 heterocycles. The quantitative estimate of drug-likeness (QED) is 0.00783. The van der Waals surface area contributed by atoms with E-state index in [1.807, 2.05) is 36.4 Å². The molecule has 0 spiro atoms. The van der Waals surface area contributed by atoms with Gasteiger partial charge in [-0.15, -0.1) is 0 Å². The number of rotatable bonds is 31. The number of hydrogen-bond donors (Lipinski definition) is 0. The Hall–Kier alpha value is -7.83. The zero-order valence-corrected chi connectivity index (χ0v) is 59.7. The molecule has 0 aliphatic heterocycles. The molecule has 6 rings (SSSR count). The van der Waals surface area contributed by atoms with Crippen molar-refractivity contribution in [3.05, 3.63) is 192 Å². The van der Waals surface area contributed by atoms with Crippen LogP contribution in [0.25, 0.3) is 44.5 Å². The largest absolute Gasteiger partial charge is 0.486 e. The van der Waals surface area contributed by atoms with Crippen LogP contribution < -0.4 is 18.9 Å². The minimum Gasteiger partial charge on any atom is -0.486 e. The summed E-state index contributed by atoms with van der Waals surface area (Å²) in [5.74, 6) is -1.73. The zero-order valence-electron chi connectivity index (χ0n) is 57.7. The maximum Gasteiger partial charge on any atom is 0.338 e. The van der Waals surface area contributed by atoms with Crippen LogP contribution in [0.5, 0.6) is 23.0 Å². The summed E-state index contributed by atoms with van der Waals surface area (Å²) in [7, 11) is -4.08. The molecule has 6 aromatic carbocycles. The predicted octanol–water partition coefficient (Wildman–Crippen LogP) is 20.4. The summed E-state index contributed by atoms with van der Waals surface area (Å²) in [6, 6.07) is 33.0. The molecular formula is C78H98F2O11Si2. The lowest BCUT2D eigenvalue weighted by Crippen LogP contribution is -2.41. The number of carbonyl (C=O) groups is 4. The second-order valence-electron chi connectivity index (χ2n) is 26.7. The Kier molecular flexibility index (Phi) is 28.5. The van der Waals surface area contributed by atoms with E-state index in [0.717, 1.165) is 54.2 Å². The van der Waals surface area contributed by atoms with Gasteiger partial charge in [0.15, 0.2) is 22.9 Å². The number of halogens is 2. The standard InChI is InChI=1S/C41H51FO6Si.C37H47FO5Si/c1-11-12-13-14-30-15-17-31(18-16-30)32-19-20-34(36(42)25-32)35-27-37(45-23-24-46-39(43)28(2)3)33(26-38(35)48-40(44)29(4)5)21-22-47-49(9,10)41(6,7)8;1-9-10-11-12-27-13-15-28(16-14-27)29-17-18-31(33(38)23-29)32-25-34(41-22-20-39)30(24-35(32)43-36(40)26(2)3)19-21-42-44(7,8)37(4,5)6/h15-20,23-27H,2,4,11-14,21-22H2,1,3,5-10H3;13-18,20,23-25H,2,9-12,19,21-22H2,1,3-8H3/b24-23-;. The number of esters is 3. The second-order valence-corrected chi connectivity index (χ2v) is 36.3. The Bertz CT molecular complexity index is 3610. The van der Waals surface area contributed by atoms with E-state index in [4.69, 9.17) is 32.5 Å². The molecule has 0 amide bonds. The molecule has 11 nitrogen and oxygen atoms in total. The summed E-state index contributed by atoms with van der Waals surface area (Å²) in [6.07, 6.45) is 12.9. The first kappa shape index (κ1) is 75.9. The zero-order chi connectivity index (χ0) is 68.8. The normalized spacial score (nSPS) is 11.8. The molecule has 0 bridgehead atoms. The Morgan fingerprint density at radius 3 is 1.23 bits per heavy atom. The third kappa shape index (κ3) is 22.4. The van der Waals surface area contributed by atoms with Crippen molar-refractivity contribution in [2.45, 2.75) is 177 Å². The van der Waals surface area contributed by atoms with Crippen LogP contribution in [-0.4, -0.2) is 60.6 Å². The number of benzene rings is 6. The van der Waals surface area contributed by atoms with Gasteiger partial charge < -0.3 is 32.5 Å². The molecule has 498 valence electrons. The van der Waals surface area contributed by atoms with Gasteiger partial charge in [-0.3, -0.25) is 4.79 Å². The molecule has 0 saturated carbocycles. The van der Waals surface area contributed by atoms with Gasteiger partial charge >= 0.3 is 17.9 Å². The van der Waals surface area contributed by atoms with Gasteiger partial charge in [0.25, 0.3) is 0 Å². The summed E-state index contributed by atoms with van der Waals surface area (Å²) >= 11 is 0. The molecule has 0 aliphatic carbocycles. The molecule has 6 aromatic rings. The van der Waals surface area contributed by atoms with E-state index in [9.17, 15) is 19.2 Å². The van der Waals surface area contributed by atoms with E-state index in [2.05, 4.69) is 126 Å². The van der Waals surface area contributed by atoms with Gasteiger partial charge in [0.05, 0.1) is 0 Å². The van der Waals surface area contributed by atoms with E-state index in [-0.39, 0.29) is 56.0 Å². The van der Waals surface area contributed by atoms with Gasteiger partial charge in [-0.05, 0) is 165 Å². The fraction of sp³-hybridized carbons (Fsp3) is 0.385. The van der Waals surface area contributed by atoms with Crippen molar-refractivity contribution in [1.29, 1.82) is 0 Å². The van der Waals surface area contributed by atoms with Crippen molar-refractivity contribution in [2.75, 3.05) is 19.8 Å². The summed E-state index contributed by atoms with van der Waals surface area (Å²) in [5, 5.41) is 0.0465. The summed E-state index contributed by atoms with van der Waals surface area (Å²) in [4.78, 5) is 48.5. The number of unbranched alkanes of at least 4 members (excludes halogenated alkanes) is 4. The first-order valence-electron chi connectivity index (χ1n) is 32.2. The van der Waals surface area contributed by atoms with Crippen LogP contribution in [0.2, 0.25) is 36.3 Å². The number of aldehydes is 1. The Morgan fingerprint density at radius 1 is 0.473 bits per heavy atom.